The van der Waals surface area contributed by atoms with E-state index in [9.17, 15) is 9.59 Å². The van der Waals surface area contributed by atoms with E-state index in [0.717, 1.165) is 50.2 Å². The third kappa shape index (κ3) is 8.19. The first-order valence-electron chi connectivity index (χ1n) is 18.7. The lowest BCUT2D eigenvalue weighted by Crippen LogP contribution is -2.53. The molecule has 2 aliphatic rings. The fourth-order valence-electron chi connectivity index (χ4n) is 7.23. The number of hydrogen-bond donors (Lipinski definition) is 1. The van der Waals surface area contributed by atoms with Gasteiger partial charge < -0.3 is 28.8 Å². The normalized spacial score (nSPS) is 15.8. The Balaban J connectivity index is 0.942. The zero-order chi connectivity index (χ0) is 39.6. The summed E-state index contributed by atoms with van der Waals surface area (Å²) < 4.78 is 24.2. The van der Waals surface area contributed by atoms with Gasteiger partial charge in [-0.25, -0.2) is 4.98 Å². The Morgan fingerprint density at radius 3 is 2.39 bits per heavy atom. The molecule has 4 aromatic carbocycles. The molecular formula is C45H40Cl2N4O6. The number of aryl methyl sites for hydroxylation is 2. The predicted octanol–water partition coefficient (Wildman–Crippen LogP) is 8.99. The molecule has 2 atom stereocenters. The molecule has 1 N–H and O–H groups in total. The number of carbonyl (C=O) groups excluding carboxylic acids is 2. The summed E-state index contributed by atoms with van der Waals surface area (Å²) in [5.74, 6) is 1.32. The van der Waals surface area contributed by atoms with Gasteiger partial charge in [-0.2, -0.15) is 0 Å². The first kappa shape index (κ1) is 38.1. The Kier molecular flexibility index (Phi) is 10.9. The Morgan fingerprint density at radius 1 is 0.860 bits per heavy atom. The van der Waals surface area contributed by atoms with E-state index in [-0.39, 0.29) is 24.3 Å². The molecule has 6 aromatic rings. The van der Waals surface area contributed by atoms with Crippen molar-refractivity contribution in [3.05, 3.63) is 158 Å². The Labute approximate surface area is 340 Å². The monoisotopic (exact) mass is 802 g/mol. The lowest BCUT2D eigenvalue weighted by molar-refractivity contribution is -0.126. The van der Waals surface area contributed by atoms with E-state index in [1.165, 1.54) is 6.39 Å². The summed E-state index contributed by atoms with van der Waals surface area (Å²) in [6, 6.07) is 26.5. The van der Waals surface area contributed by atoms with Crippen LogP contribution in [0.5, 0.6) is 17.2 Å². The molecule has 290 valence electrons. The van der Waals surface area contributed by atoms with Crippen LogP contribution < -0.4 is 19.5 Å². The third-order valence-corrected chi connectivity index (χ3v) is 11.4. The maximum atomic E-state index is 13.9. The lowest BCUT2D eigenvalue weighted by Gasteiger charge is -2.37. The number of aromatic nitrogens is 2. The van der Waals surface area contributed by atoms with E-state index in [2.05, 4.69) is 46.5 Å². The van der Waals surface area contributed by atoms with Gasteiger partial charge in [0, 0.05) is 31.4 Å². The van der Waals surface area contributed by atoms with Crippen molar-refractivity contribution in [2.45, 2.75) is 58.9 Å². The first-order chi connectivity index (χ1) is 27.6. The second kappa shape index (κ2) is 16.3. The van der Waals surface area contributed by atoms with E-state index >= 15 is 0 Å². The molecule has 0 radical (unpaired) electrons. The van der Waals surface area contributed by atoms with E-state index in [1.807, 2.05) is 61.7 Å². The Bertz CT molecular complexity index is 2450. The molecule has 0 saturated carbocycles. The minimum Gasteiger partial charge on any atom is -0.489 e. The van der Waals surface area contributed by atoms with Crippen molar-refractivity contribution in [3.63, 3.8) is 0 Å². The maximum absolute atomic E-state index is 13.9. The largest absolute Gasteiger partial charge is 0.489 e. The molecular weight excluding hydrogens is 763 g/mol. The molecule has 0 spiro atoms. The first-order valence-corrected chi connectivity index (χ1v) is 19.5. The molecule has 0 bridgehead atoms. The summed E-state index contributed by atoms with van der Waals surface area (Å²) in [6.45, 7) is 7.03. The molecule has 2 aliphatic heterocycles. The quantitative estimate of drug-likeness (QED) is 0.146. The average molecular weight is 804 g/mol. The van der Waals surface area contributed by atoms with Crippen LogP contribution in [0.1, 0.15) is 61.4 Å². The number of ether oxygens (including phenoxy) is 3. The maximum Gasteiger partial charge on any atom is 0.292 e. The standard InChI is InChI=1S/C45H40Cl2N4O6/c1-26-27(2)48-17-15-36(26)31-7-4-29(5-8-31)14-16-49-44(52)39-19-33-20-40-41(21-34(33)22-51(39)45(53)43-28(3)50-25-56-43)57-42(24-55-40)32-9-11-35(12-10-32)54-23-30-6-13-37(46)38(47)18-30/h4-13,15,17-18,20-21,25,39,42H,14,16,19,22-24H2,1-3H3,(H,49,52). The second-order valence-electron chi connectivity index (χ2n) is 14.3. The van der Waals surface area contributed by atoms with Crippen LogP contribution in [0.25, 0.3) is 11.1 Å². The zero-order valence-electron chi connectivity index (χ0n) is 31.7. The van der Waals surface area contributed by atoms with Crippen molar-refractivity contribution in [1.82, 2.24) is 20.2 Å². The fraction of sp³-hybridized carbons (Fsp3) is 0.244. The van der Waals surface area contributed by atoms with Crippen molar-refractivity contribution in [1.29, 1.82) is 0 Å². The highest BCUT2D eigenvalue weighted by molar-refractivity contribution is 6.42. The van der Waals surface area contributed by atoms with Crippen molar-refractivity contribution < 1.29 is 28.2 Å². The van der Waals surface area contributed by atoms with Gasteiger partial charge in [-0.3, -0.25) is 14.6 Å². The van der Waals surface area contributed by atoms with Gasteiger partial charge >= 0.3 is 0 Å². The predicted molar refractivity (Wildman–Crippen MR) is 217 cm³/mol. The summed E-state index contributed by atoms with van der Waals surface area (Å²) in [5.41, 5.74) is 9.58. The van der Waals surface area contributed by atoms with Crippen molar-refractivity contribution >= 4 is 35.0 Å². The van der Waals surface area contributed by atoms with Crippen molar-refractivity contribution in [3.8, 4) is 28.4 Å². The summed E-state index contributed by atoms with van der Waals surface area (Å²) in [4.78, 5) is 37.9. The lowest BCUT2D eigenvalue weighted by atomic mass is 9.92. The highest BCUT2D eigenvalue weighted by Gasteiger charge is 2.38. The topological polar surface area (TPSA) is 116 Å². The van der Waals surface area contributed by atoms with Crippen LogP contribution in [-0.2, 0) is 30.8 Å². The number of rotatable bonds is 10. The Morgan fingerprint density at radius 2 is 1.63 bits per heavy atom. The minimum absolute atomic E-state index is 0.109. The van der Waals surface area contributed by atoms with E-state index in [1.54, 1.807) is 24.0 Å². The number of carbonyl (C=O) groups is 2. The van der Waals surface area contributed by atoms with Gasteiger partial charge in [-0.1, -0.05) is 65.7 Å². The van der Waals surface area contributed by atoms with Gasteiger partial charge in [-0.15, -0.1) is 0 Å². The molecule has 12 heteroatoms. The molecule has 0 aliphatic carbocycles. The van der Waals surface area contributed by atoms with Gasteiger partial charge in [-0.05, 0) is 114 Å². The van der Waals surface area contributed by atoms with Crippen LogP contribution in [0, 0.1) is 20.8 Å². The number of oxazole rings is 1. The number of pyridine rings is 1. The van der Waals surface area contributed by atoms with Crippen LogP contribution in [-0.4, -0.2) is 45.9 Å². The summed E-state index contributed by atoms with van der Waals surface area (Å²) in [6.07, 6.45) is 3.63. The number of benzene rings is 4. The van der Waals surface area contributed by atoms with E-state index < -0.39 is 11.9 Å². The summed E-state index contributed by atoms with van der Waals surface area (Å²) >= 11 is 12.2. The number of amides is 2. The van der Waals surface area contributed by atoms with Gasteiger partial charge in [0.05, 0.1) is 15.7 Å². The molecule has 57 heavy (non-hydrogen) atoms. The SMILES string of the molecule is Cc1ncoc1C(=O)N1Cc2cc3c(cc2CC1C(=O)NCCc1ccc(-c2ccnc(C)c2C)cc1)OCC(c1ccc(OCc2ccc(Cl)c(Cl)c2)cc1)O3. The number of halogens is 2. The third-order valence-electron chi connectivity index (χ3n) is 10.6. The van der Waals surface area contributed by atoms with E-state index in [4.69, 9.17) is 41.8 Å². The van der Waals surface area contributed by atoms with Crippen molar-refractivity contribution in [2.75, 3.05) is 13.2 Å². The van der Waals surface area contributed by atoms with Crippen LogP contribution in [0.15, 0.2) is 102 Å². The number of fused-ring (bicyclic) bond motifs is 2. The van der Waals surface area contributed by atoms with Crippen LogP contribution in [0.4, 0.5) is 0 Å². The Hall–Kier alpha value is -5.84. The minimum atomic E-state index is -0.775. The molecule has 4 heterocycles. The number of nitrogens with one attached hydrogen (secondary N) is 1. The highest BCUT2D eigenvalue weighted by atomic mass is 35.5. The fourth-order valence-corrected chi connectivity index (χ4v) is 7.55. The van der Waals surface area contributed by atoms with Gasteiger partial charge in [0.15, 0.2) is 24.0 Å². The molecule has 10 nitrogen and oxygen atoms in total. The number of hydrogen-bond acceptors (Lipinski definition) is 8. The zero-order valence-corrected chi connectivity index (χ0v) is 33.2. The van der Waals surface area contributed by atoms with Crippen LogP contribution in [0.3, 0.4) is 0 Å². The average Bonchev–Trinajstić information content (AvgIpc) is 3.66. The highest BCUT2D eigenvalue weighted by Crippen LogP contribution is 2.41. The molecule has 8 rings (SSSR count). The van der Waals surface area contributed by atoms with Gasteiger partial charge in [0.1, 0.15) is 25.0 Å². The van der Waals surface area contributed by atoms with E-state index in [0.29, 0.717) is 65.6 Å². The van der Waals surface area contributed by atoms with Gasteiger partial charge in [0.25, 0.3) is 5.91 Å². The number of nitrogens with zero attached hydrogens (tertiary/aromatic N) is 3. The second-order valence-corrected chi connectivity index (χ2v) is 15.1. The molecule has 0 fully saturated rings. The van der Waals surface area contributed by atoms with Gasteiger partial charge in [0.2, 0.25) is 11.7 Å². The smallest absolute Gasteiger partial charge is 0.292 e. The van der Waals surface area contributed by atoms with Crippen LogP contribution in [0.2, 0.25) is 10.0 Å². The summed E-state index contributed by atoms with van der Waals surface area (Å²) in [5, 5.41) is 4.07. The molecule has 2 unspecified atom stereocenters. The van der Waals surface area contributed by atoms with Crippen molar-refractivity contribution in [2.24, 2.45) is 0 Å². The molecule has 2 aromatic heterocycles. The summed E-state index contributed by atoms with van der Waals surface area (Å²) in [7, 11) is 0. The molecule has 2 amide bonds. The van der Waals surface area contributed by atoms with Crippen LogP contribution >= 0.6 is 23.2 Å². The molecule has 0 saturated heterocycles.